The SMILES string of the molecule is CC1CCC(C2CC3CCC(F)C(F)C3C2(F)F)CC1.CC1CCC(C2CCC(C3CCC(C)C(F)C3F)CC2)CC1.O.O.O.[HH].[HH]. The molecule has 9 heteroatoms. The lowest BCUT2D eigenvalue weighted by atomic mass is 9.64. The molecule has 6 N–H and O–H groups in total. The van der Waals surface area contributed by atoms with E-state index < -0.39 is 42.4 Å². The molecule has 0 aliphatic heterocycles. The minimum atomic E-state index is -3.01. The first-order valence-corrected chi connectivity index (χ1v) is 17.9. The first-order chi connectivity index (χ1) is 20.0. The van der Waals surface area contributed by atoms with E-state index in [1.165, 1.54) is 38.5 Å². The van der Waals surface area contributed by atoms with Crippen LogP contribution < -0.4 is 0 Å². The fourth-order valence-corrected chi connectivity index (χ4v) is 10.5. The highest BCUT2D eigenvalue weighted by Crippen LogP contribution is 2.59. The van der Waals surface area contributed by atoms with E-state index >= 15 is 0 Å². The Balaban J connectivity index is 0.000000816. The summed E-state index contributed by atoms with van der Waals surface area (Å²) in [4.78, 5) is 0. The molecule has 0 radical (unpaired) electrons. The van der Waals surface area contributed by atoms with Gasteiger partial charge in [0.05, 0.1) is 5.92 Å². The van der Waals surface area contributed by atoms with Crippen LogP contribution >= 0.6 is 0 Å². The van der Waals surface area contributed by atoms with Gasteiger partial charge in [-0.05, 0) is 137 Å². The smallest absolute Gasteiger partial charge is 0.257 e. The van der Waals surface area contributed by atoms with Crippen LogP contribution in [0.15, 0.2) is 0 Å². The van der Waals surface area contributed by atoms with Gasteiger partial charge in [-0.2, -0.15) is 0 Å². The summed E-state index contributed by atoms with van der Waals surface area (Å²) in [6.07, 6.45) is 10.9. The van der Waals surface area contributed by atoms with Gasteiger partial charge in [-0.15, -0.1) is 0 Å². The van der Waals surface area contributed by atoms with Crippen molar-refractivity contribution >= 4 is 0 Å². The Hall–Kier alpha value is -0.540. The topological polar surface area (TPSA) is 94.5 Å². The average Bonchev–Trinajstić information content (AvgIpc) is 3.26. The number of hydrogen-bond donors (Lipinski definition) is 0. The van der Waals surface area contributed by atoms with Crippen molar-refractivity contribution in [2.24, 2.45) is 65.1 Å². The lowest BCUT2D eigenvalue weighted by molar-refractivity contribution is -0.139. The average molecular weight is 663 g/mol. The summed E-state index contributed by atoms with van der Waals surface area (Å²) < 4.78 is 85.1. The summed E-state index contributed by atoms with van der Waals surface area (Å²) >= 11 is 0. The Labute approximate surface area is 271 Å². The van der Waals surface area contributed by atoms with E-state index in [9.17, 15) is 26.3 Å². The number of halogens is 6. The predicted octanol–water partition coefficient (Wildman–Crippen LogP) is 9.53. The van der Waals surface area contributed by atoms with E-state index in [-0.39, 0.29) is 49.4 Å². The van der Waals surface area contributed by atoms with Crippen molar-refractivity contribution in [2.45, 2.75) is 161 Å². The summed E-state index contributed by atoms with van der Waals surface area (Å²) in [7, 11) is 0. The second-order valence-electron chi connectivity index (χ2n) is 16.2. The highest BCUT2D eigenvalue weighted by atomic mass is 19.3. The third kappa shape index (κ3) is 8.93. The molecule has 45 heavy (non-hydrogen) atoms. The zero-order chi connectivity index (χ0) is 30.2. The molecule has 6 aliphatic rings. The Kier molecular flexibility index (Phi) is 15.5. The lowest BCUT2D eigenvalue weighted by Gasteiger charge is -2.42. The van der Waals surface area contributed by atoms with Crippen LogP contribution in [0.1, 0.15) is 133 Å². The highest BCUT2D eigenvalue weighted by Gasteiger charge is 2.64. The van der Waals surface area contributed by atoms with Crippen molar-refractivity contribution < 1.29 is 45.6 Å². The molecular weight excluding hydrogens is 594 g/mol. The summed E-state index contributed by atoms with van der Waals surface area (Å²) in [5.41, 5.74) is 0. The number of fused-ring (bicyclic) bond motifs is 1. The maximum Gasteiger partial charge on any atom is 0.257 e. The summed E-state index contributed by atoms with van der Waals surface area (Å²) in [6, 6.07) is 0. The monoisotopic (exact) mass is 663 g/mol. The molecule has 6 fully saturated rings. The second kappa shape index (κ2) is 17.2. The molecule has 0 bridgehead atoms. The quantitative estimate of drug-likeness (QED) is 0.269. The van der Waals surface area contributed by atoms with Crippen LogP contribution in [0.4, 0.5) is 26.3 Å². The Bertz CT molecular complexity index is 853. The Morgan fingerprint density at radius 1 is 0.467 bits per heavy atom. The Morgan fingerprint density at radius 3 is 1.44 bits per heavy atom. The molecule has 9 atom stereocenters. The molecule has 0 aromatic rings. The molecule has 0 heterocycles. The third-order valence-corrected chi connectivity index (χ3v) is 13.5. The van der Waals surface area contributed by atoms with Crippen LogP contribution in [-0.4, -0.2) is 47.0 Å². The van der Waals surface area contributed by atoms with Crippen molar-refractivity contribution in [2.75, 3.05) is 0 Å². The van der Waals surface area contributed by atoms with Crippen molar-refractivity contribution in [3.8, 4) is 0 Å². The fraction of sp³-hybridized carbons (Fsp3) is 1.00. The van der Waals surface area contributed by atoms with Crippen LogP contribution in [0.2, 0.25) is 0 Å². The first-order valence-electron chi connectivity index (χ1n) is 17.9. The maximum absolute atomic E-state index is 14.6. The fourth-order valence-electron chi connectivity index (χ4n) is 10.5. The summed E-state index contributed by atoms with van der Waals surface area (Å²) in [6.45, 7) is 6.41. The van der Waals surface area contributed by atoms with E-state index in [1.807, 2.05) is 6.92 Å². The van der Waals surface area contributed by atoms with Gasteiger partial charge in [-0.3, -0.25) is 0 Å². The van der Waals surface area contributed by atoms with Crippen molar-refractivity contribution in [3.63, 3.8) is 0 Å². The zero-order valence-electron chi connectivity index (χ0n) is 27.9. The molecule has 0 aromatic carbocycles. The number of rotatable bonds is 3. The molecule has 6 aliphatic carbocycles. The van der Waals surface area contributed by atoms with Crippen molar-refractivity contribution in [1.29, 1.82) is 0 Å². The van der Waals surface area contributed by atoms with Gasteiger partial charge in [0, 0.05) is 8.77 Å². The first kappa shape index (κ1) is 40.6. The third-order valence-electron chi connectivity index (χ3n) is 13.5. The predicted molar refractivity (Wildman–Crippen MR) is 174 cm³/mol. The summed E-state index contributed by atoms with van der Waals surface area (Å²) in [5, 5.41) is 0. The van der Waals surface area contributed by atoms with Gasteiger partial charge in [-0.1, -0.05) is 46.5 Å². The van der Waals surface area contributed by atoms with Crippen LogP contribution in [0.25, 0.3) is 0 Å². The number of alkyl halides is 6. The van der Waals surface area contributed by atoms with Gasteiger partial charge in [0.15, 0.2) is 0 Å². The van der Waals surface area contributed by atoms with Gasteiger partial charge in [0.2, 0.25) is 0 Å². The molecule has 6 rings (SSSR count). The standard InChI is InChI=1S/C20H34F2.C16H24F4.3H2O.2H2/c1-13-3-6-15(7-4-13)16-8-10-17(11-9-16)18-12-5-14(2)19(21)20(18)22;1-9-2-4-10(5-3-9)12-8-11-6-7-13(17)15(18)14(11)16(12,19)20;;;;;/h13-20H,3-12H2,1-2H3;9-15H,2-8H2,1H3;3*1H2;2*1H. The van der Waals surface area contributed by atoms with E-state index in [0.29, 0.717) is 24.7 Å². The Morgan fingerprint density at radius 2 is 0.911 bits per heavy atom. The molecule has 6 saturated carbocycles. The maximum atomic E-state index is 14.6. The van der Waals surface area contributed by atoms with Gasteiger partial charge in [-0.25, -0.2) is 26.3 Å². The summed E-state index contributed by atoms with van der Waals surface area (Å²) in [5.74, 6) is -1.65. The van der Waals surface area contributed by atoms with E-state index in [1.54, 1.807) is 0 Å². The van der Waals surface area contributed by atoms with E-state index in [4.69, 9.17) is 0 Å². The van der Waals surface area contributed by atoms with Crippen LogP contribution in [0.3, 0.4) is 0 Å². The van der Waals surface area contributed by atoms with Gasteiger partial charge in [0.25, 0.3) is 5.92 Å². The normalized spacial score (nSPS) is 47.8. The highest BCUT2D eigenvalue weighted by molar-refractivity contribution is 5.06. The molecule has 9 unspecified atom stereocenters. The molecule has 272 valence electrons. The van der Waals surface area contributed by atoms with Gasteiger partial charge >= 0.3 is 0 Å². The molecule has 0 aromatic heterocycles. The molecular formula is C36H68F6O3. The van der Waals surface area contributed by atoms with Gasteiger partial charge < -0.3 is 16.4 Å². The zero-order valence-corrected chi connectivity index (χ0v) is 27.9. The molecule has 3 nitrogen and oxygen atoms in total. The minimum Gasteiger partial charge on any atom is -0.412 e. The lowest BCUT2D eigenvalue weighted by Crippen LogP contribution is -2.45. The second-order valence-corrected chi connectivity index (χ2v) is 16.2. The largest absolute Gasteiger partial charge is 0.412 e. The van der Waals surface area contributed by atoms with E-state index in [0.717, 1.165) is 69.1 Å². The van der Waals surface area contributed by atoms with E-state index in [2.05, 4.69) is 13.8 Å². The van der Waals surface area contributed by atoms with Crippen molar-refractivity contribution in [1.82, 2.24) is 0 Å². The van der Waals surface area contributed by atoms with Crippen molar-refractivity contribution in [3.05, 3.63) is 0 Å². The van der Waals surface area contributed by atoms with Gasteiger partial charge in [0.1, 0.15) is 24.7 Å². The molecule has 0 spiro atoms. The van der Waals surface area contributed by atoms with Crippen LogP contribution in [0.5, 0.6) is 0 Å². The number of hydrogen-bond acceptors (Lipinski definition) is 0. The minimum absolute atomic E-state index is 0. The van der Waals surface area contributed by atoms with Crippen LogP contribution in [0, 0.1) is 65.1 Å². The molecule has 0 amide bonds. The molecule has 0 saturated heterocycles. The van der Waals surface area contributed by atoms with Crippen LogP contribution in [-0.2, 0) is 0 Å².